The zero-order chi connectivity index (χ0) is 14.8. The molecule has 6 nitrogen and oxygen atoms in total. The van der Waals surface area contributed by atoms with Gasteiger partial charge in [0, 0.05) is 25.4 Å². The number of hydrogen-bond donors (Lipinski definition) is 3. The second-order valence-electron chi connectivity index (χ2n) is 4.96. The van der Waals surface area contributed by atoms with E-state index in [0.29, 0.717) is 32.1 Å². The summed E-state index contributed by atoms with van der Waals surface area (Å²) >= 11 is 0. The molecule has 0 aromatic carbocycles. The first-order chi connectivity index (χ1) is 8.88. The van der Waals surface area contributed by atoms with Crippen LogP contribution in [0, 0.1) is 0 Å². The van der Waals surface area contributed by atoms with Gasteiger partial charge in [-0.05, 0) is 26.2 Å². The topological polar surface area (TPSA) is 102 Å². The van der Waals surface area contributed by atoms with Crippen molar-refractivity contribution in [1.29, 1.82) is 0 Å². The summed E-state index contributed by atoms with van der Waals surface area (Å²) in [7, 11) is 0. The molecule has 0 saturated carbocycles. The Hall–Kier alpha value is -1.14. The molecule has 6 heteroatoms. The van der Waals surface area contributed by atoms with E-state index in [0.717, 1.165) is 0 Å². The second-order valence-corrected chi connectivity index (χ2v) is 4.96. The Bertz CT molecular complexity index is 275. The average molecular weight is 403 g/mol. The SMILES string of the molecule is C.C.C.C.C.C.C.C.CCC(CC(O)CC(CC(C)N)NC=O)OC(C)=O. The number of esters is 1. The van der Waals surface area contributed by atoms with E-state index in [4.69, 9.17) is 10.5 Å². The number of amides is 1. The second kappa shape index (κ2) is 32.5. The van der Waals surface area contributed by atoms with Crippen molar-refractivity contribution in [2.45, 2.75) is 130 Å². The summed E-state index contributed by atoms with van der Waals surface area (Å²) < 4.78 is 5.08. The highest BCUT2D eigenvalue weighted by Crippen LogP contribution is 2.13. The van der Waals surface area contributed by atoms with Gasteiger partial charge in [0.05, 0.1) is 6.10 Å². The van der Waals surface area contributed by atoms with E-state index in [9.17, 15) is 14.7 Å². The maximum atomic E-state index is 10.9. The van der Waals surface area contributed by atoms with Gasteiger partial charge in [-0.1, -0.05) is 66.3 Å². The summed E-state index contributed by atoms with van der Waals surface area (Å²) in [6.45, 7) is 5.09. The fourth-order valence-electron chi connectivity index (χ4n) is 2.04. The molecule has 0 aromatic rings. The molecule has 1 amide bonds. The smallest absolute Gasteiger partial charge is 0.302 e. The molecule has 4 atom stereocenters. The molecule has 0 spiro atoms. The summed E-state index contributed by atoms with van der Waals surface area (Å²) in [6.07, 6.45) is 1.70. The van der Waals surface area contributed by atoms with Crippen LogP contribution in [0.5, 0.6) is 0 Å². The van der Waals surface area contributed by atoms with E-state index in [1.165, 1.54) is 6.92 Å². The molecule has 0 aliphatic rings. The third-order valence-corrected chi connectivity index (χ3v) is 2.84. The van der Waals surface area contributed by atoms with Crippen LogP contribution >= 0.6 is 0 Å². The van der Waals surface area contributed by atoms with E-state index >= 15 is 0 Å². The number of nitrogens with two attached hydrogens (primary N) is 1. The molecule has 0 aliphatic carbocycles. The molecule has 0 saturated heterocycles. The molecule has 4 N–H and O–H groups in total. The zero-order valence-corrected chi connectivity index (χ0v) is 12.0. The number of rotatable bonds is 10. The van der Waals surface area contributed by atoms with Gasteiger partial charge in [-0.3, -0.25) is 9.59 Å². The van der Waals surface area contributed by atoms with Crippen LogP contribution in [0.15, 0.2) is 0 Å². The van der Waals surface area contributed by atoms with Crippen molar-refractivity contribution < 1.29 is 19.4 Å². The zero-order valence-electron chi connectivity index (χ0n) is 12.0. The fourth-order valence-corrected chi connectivity index (χ4v) is 2.04. The van der Waals surface area contributed by atoms with Crippen LogP contribution in [0.4, 0.5) is 0 Å². The molecule has 0 heterocycles. The van der Waals surface area contributed by atoms with Crippen molar-refractivity contribution in [2.75, 3.05) is 0 Å². The lowest BCUT2D eigenvalue weighted by atomic mass is 9.98. The predicted molar refractivity (Wildman–Crippen MR) is 126 cm³/mol. The Balaban J connectivity index is -0.0000000579. The highest BCUT2D eigenvalue weighted by Gasteiger charge is 2.20. The monoisotopic (exact) mass is 402 g/mol. The fraction of sp³-hybridized carbons (Fsp3) is 0.905. The Kier molecular flexibility index (Phi) is 67.7. The third kappa shape index (κ3) is 32.9. The molecular formula is C21H58N2O4. The van der Waals surface area contributed by atoms with Gasteiger partial charge in [-0.25, -0.2) is 0 Å². The maximum absolute atomic E-state index is 10.9. The van der Waals surface area contributed by atoms with Gasteiger partial charge in [0.2, 0.25) is 6.41 Å². The minimum atomic E-state index is -0.638. The molecule has 0 aromatic heterocycles. The first-order valence-electron chi connectivity index (χ1n) is 6.69. The normalized spacial score (nSPS) is 12.0. The molecular weight excluding hydrogens is 344 g/mol. The van der Waals surface area contributed by atoms with Crippen molar-refractivity contribution in [3.63, 3.8) is 0 Å². The Morgan fingerprint density at radius 1 is 1.04 bits per heavy atom. The molecule has 0 aliphatic heterocycles. The van der Waals surface area contributed by atoms with E-state index in [-0.39, 0.29) is 83.6 Å². The van der Waals surface area contributed by atoms with Crippen LogP contribution in [0.1, 0.15) is 106 Å². The van der Waals surface area contributed by atoms with Crippen LogP contribution in [0.3, 0.4) is 0 Å². The van der Waals surface area contributed by atoms with Gasteiger partial charge in [-0.15, -0.1) is 0 Å². The average Bonchev–Trinajstić information content (AvgIpc) is 2.26. The number of nitrogens with one attached hydrogen (secondary N) is 1. The molecule has 176 valence electrons. The maximum Gasteiger partial charge on any atom is 0.302 e. The summed E-state index contributed by atoms with van der Waals surface area (Å²) in [5.74, 6) is -0.350. The van der Waals surface area contributed by atoms with Crippen LogP contribution in [0.25, 0.3) is 0 Å². The standard InChI is InChI=1S/C13H26N2O4.8CH4/c1-4-13(19-10(3)17)7-12(18)6-11(15-8-16)5-9(2)14;;;;;;;;/h8-9,11-13,18H,4-7,14H2,1-3H3,(H,15,16);8*1H4. The van der Waals surface area contributed by atoms with Gasteiger partial charge in [0.25, 0.3) is 0 Å². The Morgan fingerprint density at radius 3 is 1.78 bits per heavy atom. The highest BCUT2D eigenvalue weighted by atomic mass is 16.5. The molecule has 0 radical (unpaired) electrons. The third-order valence-electron chi connectivity index (χ3n) is 2.84. The molecule has 0 fully saturated rings. The summed E-state index contributed by atoms with van der Waals surface area (Å²) in [5.41, 5.74) is 5.69. The van der Waals surface area contributed by atoms with E-state index in [1.807, 2.05) is 13.8 Å². The molecule has 4 unspecified atom stereocenters. The van der Waals surface area contributed by atoms with E-state index in [2.05, 4.69) is 5.32 Å². The predicted octanol–water partition coefficient (Wildman–Crippen LogP) is 5.41. The van der Waals surface area contributed by atoms with Crippen molar-refractivity contribution in [1.82, 2.24) is 5.32 Å². The van der Waals surface area contributed by atoms with E-state index < -0.39 is 6.10 Å². The first kappa shape index (κ1) is 56.2. The first-order valence-corrected chi connectivity index (χ1v) is 6.69. The van der Waals surface area contributed by atoms with Crippen LogP contribution in [-0.4, -0.2) is 41.8 Å². The highest BCUT2D eigenvalue weighted by molar-refractivity contribution is 5.66. The summed E-state index contributed by atoms with van der Waals surface area (Å²) in [4.78, 5) is 21.4. The number of carbonyl (C=O) groups is 2. The number of aliphatic hydroxyl groups is 1. The van der Waals surface area contributed by atoms with Crippen LogP contribution in [0.2, 0.25) is 0 Å². The van der Waals surface area contributed by atoms with Crippen LogP contribution in [-0.2, 0) is 14.3 Å². The molecule has 27 heavy (non-hydrogen) atoms. The van der Waals surface area contributed by atoms with Gasteiger partial charge in [0.1, 0.15) is 6.10 Å². The minimum Gasteiger partial charge on any atom is -0.462 e. The lowest BCUT2D eigenvalue weighted by Crippen LogP contribution is -2.37. The summed E-state index contributed by atoms with van der Waals surface area (Å²) in [5, 5.41) is 12.6. The Labute approximate surface area is 173 Å². The molecule has 0 rings (SSSR count). The number of aliphatic hydroxyl groups excluding tert-OH is 1. The number of hydrogen-bond acceptors (Lipinski definition) is 5. The van der Waals surface area contributed by atoms with Gasteiger partial charge >= 0.3 is 5.97 Å². The molecule has 0 bridgehead atoms. The largest absolute Gasteiger partial charge is 0.462 e. The number of ether oxygens (including phenoxy) is 1. The summed E-state index contributed by atoms with van der Waals surface area (Å²) in [6, 6.07) is -0.220. The van der Waals surface area contributed by atoms with Crippen LogP contribution < -0.4 is 11.1 Å². The van der Waals surface area contributed by atoms with Gasteiger partial charge in [-0.2, -0.15) is 0 Å². The van der Waals surface area contributed by atoms with Crippen molar-refractivity contribution in [3.05, 3.63) is 0 Å². The Morgan fingerprint density at radius 2 is 1.48 bits per heavy atom. The lowest BCUT2D eigenvalue weighted by Gasteiger charge is -2.24. The van der Waals surface area contributed by atoms with Gasteiger partial charge in [0.15, 0.2) is 0 Å². The van der Waals surface area contributed by atoms with E-state index in [1.54, 1.807) is 0 Å². The van der Waals surface area contributed by atoms with Crippen molar-refractivity contribution in [3.8, 4) is 0 Å². The minimum absolute atomic E-state index is 0. The van der Waals surface area contributed by atoms with Crippen molar-refractivity contribution >= 4 is 12.4 Å². The van der Waals surface area contributed by atoms with Gasteiger partial charge < -0.3 is 20.9 Å². The van der Waals surface area contributed by atoms with Crippen molar-refractivity contribution in [2.24, 2.45) is 5.73 Å². The number of carbonyl (C=O) groups excluding carboxylic acids is 2. The lowest BCUT2D eigenvalue weighted by molar-refractivity contribution is -0.147. The quantitative estimate of drug-likeness (QED) is 0.335.